The van der Waals surface area contributed by atoms with E-state index in [-0.39, 0.29) is 12.5 Å². The highest BCUT2D eigenvalue weighted by Gasteiger charge is 2.25. The van der Waals surface area contributed by atoms with E-state index in [0.29, 0.717) is 18.3 Å². The van der Waals surface area contributed by atoms with Gasteiger partial charge in [-0.25, -0.2) is 0 Å². The molecule has 0 aliphatic carbocycles. The maximum atomic E-state index is 12.6. The van der Waals surface area contributed by atoms with Crippen LogP contribution >= 0.6 is 0 Å². The Kier molecular flexibility index (Phi) is 6.03. The first-order chi connectivity index (χ1) is 14.2. The molecule has 1 aromatic heterocycles. The van der Waals surface area contributed by atoms with E-state index in [2.05, 4.69) is 42.4 Å². The SMILES string of the molecule is CCCOc1ccc(OCC(=O)N2CCC(c3c[nH]c4ccccc34)CC2)cc1. The molecule has 0 saturated carbocycles. The second-order valence-electron chi connectivity index (χ2n) is 7.55. The number of carbonyl (C=O) groups is 1. The van der Waals surface area contributed by atoms with Crippen LogP contribution in [0.2, 0.25) is 0 Å². The molecule has 1 saturated heterocycles. The largest absolute Gasteiger partial charge is 0.494 e. The summed E-state index contributed by atoms with van der Waals surface area (Å²) in [6.07, 6.45) is 5.07. The number of likely N-dealkylation sites (tertiary alicyclic amines) is 1. The van der Waals surface area contributed by atoms with Crippen molar-refractivity contribution in [1.82, 2.24) is 9.88 Å². The van der Waals surface area contributed by atoms with Crippen LogP contribution in [0.3, 0.4) is 0 Å². The van der Waals surface area contributed by atoms with Gasteiger partial charge in [-0.15, -0.1) is 0 Å². The molecule has 0 spiro atoms. The summed E-state index contributed by atoms with van der Waals surface area (Å²) in [6.45, 7) is 4.40. The van der Waals surface area contributed by atoms with Gasteiger partial charge in [-0.2, -0.15) is 0 Å². The minimum absolute atomic E-state index is 0.0497. The van der Waals surface area contributed by atoms with Gasteiger partial charge in [0, 0.05) is 30.2 Å². The number of benzene rings is 2. The van der Waals surface area contributed by atoms with Crippen molar-refractivity contribution in [2.45, 2.75) is 32.1 Å². The van der Waals surface area contributed by atoms with Gasteiger partial charge in [0.05, 0.1) is 6.61 Å². The van der Waals surface area contributed by atoms with E-state index in [1.165, 1.54) is 16.5 Å². The molecule has 2 heterocycles. The standard InChI is InChI=1S/C24H28N2O3/c1-2-15-28-19-7-9-20(10-8-19)29-17-24(27)26-13-11-18(12-14-26)22-16-25-23-6-4-3-5-21(22)23/h3-10,16,18,25H,2,11-15,17H2,1H3. The Bertz CT molecular complexity index is 940. The third-order valence-electron chi connectivity index (χ3n) is 5.57. The molecule has 5 heteroatoms. The van der Waals surface area contributed by atoms with Crippen molar-refractivity contribution in [2.75, 3.05) is 26.3 Å². The lowest BCUT2D eigenvalue weighted by Crippen LogP contribution is -2.40. The number of ether oxygens (including phenoxy) is 2. The zero-order chi connectivity index (χ0) is 20.1. The van der Waals surface area contributed by atoms with Gasteiger partial charge in [0.1, 0.15) is 11.5 Å². The molecule has 0 unspecified atom stereocenters. The highest BCUT2D eigenvalue weighted by atomic mass is 16.5. The maximum Gasteiger partial charge on any atom is 0.260 e. The molecule has 1 aliphatic heterocycles. The molecule has 3 aromatic rings. The number of nitrogens with one attached hydrogen (secondary N) is 1. The fourth-order valence-corrected chi connectivity index (χ4v) is 3.96. The lowest BCUT2D eigenvalue weighted by Gasteiger charge is -2.32. The van der Waals surface area contributed by atoms with Crippen LogP contribution in [-0.4, -0.2) is 42.1 Å². The number of aromatic amines is 1. The van der Waals surface area contributed by atoms with Crippen molar-refractivity contribution >= 4 is 16.8 Å². The number of piperidine rings is 1. The zero-order valence-electron chi connectivity index (χ0n) is 16.9. The third kappa shape index (κ3) is 4.56. The number of fused-ring (bicyclic) bond motifs is 1. The molecular formula is C24H28N2O3. The average Bonchev–Trinajstić information content (AvgIpc) is 3.21. The van der Waals surface area contributed by atoms with E-state index in [4.69, 9.17) is 9.47 Å². The number of rotatable bonds is 7. The number of amides is 1. The first-order valence-electron chi connectivity index (χ1n) is 10.4. The van der Waals surface area contributed by atoms with Crippen LogP contribution in [0.15, 0.2) is 54.7 Å². The number of hydrogen-bond acceptors (Lipinski definition) is 3. The van der Waals surface area contributed by atoms with Crippen LogP contribution < -0.4 is 9.47 Å². The second-order valence-corrected chi connectivity index (χ2v) is 7.55. The fourth-order valence-electron chi connectivity index (χ4n) is 3.96. The Balaban J connectivity index is 1.27. The lowest BCUT2D eigenvalue weighted by atomic mass is 9.89. The Hall–Kier alpha value is -2.95. The highest BCUT2D eigenvalue weighted by molar-refractivity contribution is 5.83. The molecule has 5 nitrogen and oxygen atoms in total. The van der Waals surface area contributed by atoms with Gasteiger partial charge in [-0.05, 0) is 61.1 Å². The molecule has 1 amide bonds. The number of aromatic nitrogens is 1. The first kappa shape index (κ1) is 19.4. The normalized spacial score (nSPS) is 14.9. The van der Waals surface area contributed by atoms with Crippen molar-refractivity contribution in [1.29, 1.82) is 0 Å². The third-order valence-corrected chi connectivity index (χ3v) is 5.57. The van der Waals surface area contributed by atoms with E-state index < -0.39 is 0 Å². The van der Waals surface area contributed by atoms with Crippen molar-refractivity contribution in [3.8, 4) is 11.5 Å². The van der Waals surface area contributed by atoms with Crippen LogP contribution in [0.5, 0.6) is 11.5 Å². The predicted molar refractivity (Wildman–Crippen MR) is 115 cm³/mol. The quantitative estimate of drug-likeness (QED) is 0.632. The molecule has 1 fully saturated rings. The van der Waals surface area contributed by atoms with Crippen molar-refractivity contribution < 1.29 is 14.3 Å². The molecule has 29 heavy (non-hydrogen) atoms. The number of carbonyl (C=O) groups excluding carboxylic acids is 1. The molecule has 0 atom stereocenters. The Morgan fingerprint density at radius 3 is 2.45 bits per heavy atom. The molecule has 1 aliphatic rings. The molecule has 4 rings (SSSR count). The van der Waals surface area contributed by atoms with E-state index in [1.807, 2.05) is 29.2 Å². The van der Waals surface area contributed by atoms with Crippen molar-refractivity contribution in [3.05, 3.63) is 60.3 Å². The van der Waals surface area contributed by atoms with Crippen LogP contribution in [0.1, 0.15) is 37.7 Å². The van der Waals surface area contributed by atoms with E-state index >= 15 is 0 Å². The fraction of sp³-hybridized carbons (Fsp3) is 0.375. The van der Waals surface area contributed by atoms with Gasteiger partial charge >= 0.3 is 0 Å². The minimum Gasteiger partial charge on any atom is -0.494 e. The summed E-state index contributed by atoms with van der Waals surface area (Å²) >= 11 is 0. The number of hydrogen-bond donors (Lipinski definition) is 1. The van der Waals surface area contributed by atoms with Gasteiger partial charge in [0.25, 0.3) is 5.91 Å². The topological polar surface area (TPSA) is 54.6 Å². The van der Waals surface area contributed by atoms with Gasteiger partial charge in [0.15, 0.2) is 6.61 Å². The average molecular weight is 392 g/mol. The van der Waals surface area contributed by atoms with E-state index in [9.17, 15) is 4.79 Å². The molecular weight excluding hydrogens is 364 g/mol. The van der Waals surface area contributed by atoms with Crippen molar-refractivity contribution in [2.24, 2.45) is 0 Å². The summed E-state index contributed by atoms with van der Waals surface area (Å²) in [4.78, 5) is 17.8. The molecule has 1 N–H and O–H groups in total. The first-order valence-corrected chi connectivity index (χ1v) is 10.4. The van der Waals surface area contributed by atoms with Gasteiger partial charge in [-0.3, -0.25) is 4.79 Å². The maximum absolute atomic E-state index is 12.6. The summed E-state index contributed by atoms with van der Waals surface area (Å²) in [5, 5.41) is 1.30. The number of nitrogens with zero attached hydrogens (tertiary/aromatic N) is 1. The Morgan fingerprint density at radius 2 is 1.72 bits per heavy atom. The van der Waals surface area contributed by atoms with Gasteiger partial charge < -0.3 is 19.4 Å². The van der Waals surface area contributed by atoms with Crippen LogP contribution in [-0.2, 0) is 4.79 Å². The van der Waals surface area contributed by atoms with Crippen LogP contribution in [0.25, 0.3) is 10.9 Å². The summed E-state index contributed by atoms with van der Waals surface area (Å²) in [5.41, 5.74) is 2.55. The number of para-hydroxylation sites is 1. The molecule has 152 valence electrons. The minimum atomic E-state index is 0.0497. The van der Waals surface area contributed by atoms with E-state index in [1.54, 1.807) is 0 Å². The summed E-state index contributed by atoms with van der Waals surface area (Å²) < 4.78 is 11.3. The number of H-pyrrole nitrogens is 1. The van der Waals surface area contributed by atoms with Crippen LogP contribution in [0, 0.1) is 0 Å². The predicted octanol–water partition coefficient (Wildman–Crippen LogP) is 4.74. The van der Waals surface area contributed by atoms with Gasteiger partial charge in [0.2, 0.25) is 0 Å². The monoisotopic (exact) mass is 392 g/mol. The van der Waals surface area contributed by atoms with Crippen molar-refractivity contribution in [3.63, 3.8) is 0 Å². The zero-order valence-corrected chi connectivity index (χ0v) is 16.9. The Labute approximate surface area is 171 Å². The van der Waals surface area contributed by atoms with Gasteiger partial charge in [-0.1, -0.05) is 25.1 Å². The molecule has 2 aromatic carbocycles. The Morgan fingerprint density at radius 1 is 1.03 bits per heavy atom. The lowest BCUT2D eigenvalue weighted by molar-refractivity contribution is -0.134. The highest BCUT2D eigenvalue weighted by Crippen LogP contribution is 2.33. The van der Waals surface area contributed by atoms with Crippen LogP contribution in [0.4, 0.5) is 0 Å². The molecule has 0 bridgehead atoms. The summed E-state index contributed by atoms with van der Waals surface area (Å²) in [7, 11) is 0. The summed E-state index contributed by atoms with van der Waals surface area (Å²) in [6, 6.07) is 15.9. The smallest absolute Gasteiger partial charge is 0.260 e. The second kappa shape index (κ2) is 9.03. The summed E-state index contributed by atoms with van der Waals surface area (Å²) in [5.74, 6) is 2.06. The van der Waals surface area contributed by atoms with E-state index in [0.717, 1.165) is 38.1 Å². The molecule has 0 radical (unpaired) electrons.